The van der Waals surface area contributed by atoms with Crippen LogP contribution in [0.4, 0.5) is 0 Å². The highest BCUT2D eigenvalue weighted by molar-refractivity contribution is 6.35. The van der Waals surface area contributed by atoms with Gasteiger partial charge in [-0.3, -0.25) is 9.59 Å². The zero-order valence-corrected chi connectivity index (χ0v) is 9.76. The third kappa shape index (κ3) is 3.13. The van der Waals surface area contributed by atoms with Gasteiger partial charge in [-0.1, -0.05) is 13.3 Å². The van der Waals surface area contributed by atoms with Crippen LogP contribution in [0.1, 0.15) is 19.8 Å². The number of unbranched alkanes of at least 4 members (excludes halogenated alkanes) is 1. The maximum Gasteiger partial charge on any atom is 0.342 e. The zero-order chi connectivity index (χ0) is 13.7. The lowest BCUT2D eigenvalue weighted by atomic mass is 9.97. The van der Waals surface area contributed by atoms with E-state index in [-0.39, 0.29) is 6.61 Å². The first-order valence-corrected chi connectivity index (χ1v) is 5.39. The average molecular weight is 252 g/mol. The maximum absolute atomic E-state index is 11.5. The molecule has 0 unspecified atom stereocenters. The molecule has 18 heavy (non-hydrogen) atoms. The summed E-state index contributed by atoms with van der Waals surface area (Å²) in [5.74, 6) is -4.11. The summed E-state index contributed by atoms with van der Waals surface area (Å²) in [4.78, 5) is 44.9. The molecule has 0 saturated carbocycles. The van der Waals surface area contributed by atoms with Crippen LogP contribution < -0.4 is 0 Å². The molecule has 0 atom stereocenters. The molecule has 0 spiro atoms. The summed E-state index contributed by atoms with van der Waals surface area (Å²) in [6, 6.07) is 0. The largest absolute Gasteiger partial charge is 0.478 e. The Kier molecular flexibility index (Phi) is 4.53. The van der Waals surface area contributed by atoms with E-state index in [1.807, 2.05) is 6.92 Å². The maximum atomic E-state index is 11.5. The van der Waals surface area contributed by atoms with E-state index in [4.69, 9.17) is 9.84 Å². The van der Waals surface area contributed by atoms with Crippen LogP contribution in [0.3, 0.4) is 0 Å². The third-order valence-corrected chi connectivity index (χ3v) is 2.26. The zero-order valence-electron chi connectivity index (χ0n) is 9.76. The molecular formula is C12H12O6. The Labute approximate surface area is 103 Å². The lowest BCUT2D eigenvalue weighted by Gasteiger charge is -2.09. The average Bonchev–Trinajstić information content (AvgIpc) is 2.31. The minimum absolute atomic E-state index is 0.156. The summed E-state index contributed by atoms with van der Waals surface area (Å²) in [6.07, 6.45) is 2.82. The number of aliphatic carboxylic acids is 1. The highest BCUT2D eigenvalue weighted by atomic mass is 16.5. The Morgan fingerprint density at radius 3 is 2.28 bits per heavy atom. The first-order valence-electron chi connectivity index (χ1n) is 5.39. The van der Waals surface area contributed by atoms with Gasteiger partial charge in [0.2, 0.25) is 0 Å². The second-order valence-corrected chi connectivity index (χ2v) is 3.64. The molecule has 0 aliphatic heterocycles. The molecule has 1 rings (SSSR count). The number of hydrogen-bond acceptors (Lipinski definition) is 5. The van der Waals surface area contributed by atoms with Gasteiger partial charge in [-0.05, 0) is 6.42 Å². The molecule has 6 nitrogen and oxygen atoms in total. The molecule has 1 aliphatic rings. The van der Waals surface area contributed by atoms with Gasteiger partial charge in [-0.15, -0.1) is 0 Å². The molecule has 0 radical (unpaired) electrons. The monoisotopic (exact) mass is 252 g/mol. The molecular weight excluding hydrogens is 240 g/mol. The third-order valence-electron chi connectivity index (χ3n) is 2.26. The summed E-state index contributed by atoms with van der Waals surface area (Å²) in [5, 5.41) is 8.64. The molecule has 1 aliphatic carbocycles. The summed E-state index contributed by atoms with van der Waals surface area (Å²) >= 11 is 0. The van der Waals surface area contributed by atoms with Crippen LogP contribution >= 0.6 is 0 Å². The molecule has 0 heterocycles. The highest BCUT2D eigenvalue weighted by Gasteiger charge is 2.29. The topological polar surface area (TPSA) is 97.7 Å². The fraction of sp³-hybridized carbons (Fsp3) is 0.333. The van der Waals surface area contributed by atoms with Crippen molar-refractivity contribution in [1.29, 1.82) is 0 Å². The van der Waals surface area contributed by atoms with E-state index in [1.54, 1.807) is 0 Å². The number of ketones is 2. The van der Waals surface area contributed by atoms with Gasteiger partial charge in [0, 0.05) is 12.2 Å². The molecule has 6 heteroatoms. The van der Waals surface area contributed by atoms with Crippen LogP contribution in [0, 0.1) is 0 Å². The molecule has 0 bridgehead atoms. The first kappa shape index (κ1) is 13.8. The molecule has 96 valence electrons. The van der Waals surface area contributed by atoms with Crippen molar-refractivity contribution >= 4 is 23.5 Å². The fourth-order valence-corrected chi connectivity index (χ4v) is 1.27. The lowest BCUT2D eigenvalue weighted by Crippen LogP contribution is -2.24. The standard InChI is InChI=1S/C12H12O6/c1-2-3-4-18-12(17)8-6-9(13)7(11(15)16)5-10(8)14/h5-6H,2-4H2,1H3,(H,15,16). The van der Waals surface area contributed by atoms with E-state index in [9.17, 15) is 19.2 Å². The number of allylic oxidation sites excluding steroid dienone is 2. The second-order valence-electron chi connectivity index (χ2n) is 3.64. The van der Waals surface area contributed by atoms with Crippen LogP contribution in [0.2, 0.25) is 0 Å². The van der Waals surface area contributed by atoms with Crippen LogP contribution in [0.15, 0.2) is 23.3 Å². The van der Waals surface area contributed by atoms with E-state index < -0.39 is 34.7 Å². The van der Waals surface area contributed by atoms with Crippen molar-refractivity contribution in [2.75, 3.05) is 6.61 Å². The summed E-state index contributed by atoms with van der Waals surface area (Å²) in [7, 11) is 0. The predicted octanol–water partition coefficient (Wildman–Crippen LogP) is 0.419. The van der Waals surface area contributed by atoms with Crippen LogP contribution in [-0.4, -0.2) is 35.2 Å². The van der Waals surface area contributed by atoms with Crippen LogP contribution in [-0.2, 0) is 23.9 Å². The first-order chi connectivity index (χ1) is 8.47. The molecule has 0 aromatic carbocycles. The number of ether oxygens (including phenoxy) is 1. The normalized spacial score (nSPS) is 14.9. The molecule has 0 fully saturated rings. The summed E-state index contributed by atoms with van der Waals surface area (Å²) in [6.45, 7) is 2.06. The highest BCUT2D eigenvalue weighted by Crippen LogP contribution is 2.13. The Balaban J connectivity index is 2.79. The Morgan fingerprint density at radius 1 is 1.17 bits per heavy atom. The SMILES string of the molecule is CCCCOC(=O)C1=CC(=O)C(C(=O)O)=CC1=O. The van der Waals surface area contributed by atoms with Gasteiger partial charge in [0.1, 0.15) is 11.1 Å². The van der Waals surface area contributed by atoms with Crippen LogP contribution in [0.5, 0.6) is 0 Å². The van der Waals surface area contributed by atoms with Crippen molar-refractivity contribution in [2.45, 2.75) is 19.8 Å². The van der Waals surface area contributed by atoms with Gasteiger partial charge in [0.25, 0.3) is 0 Å². The van der Waals surface area contributed by atoms with Gasteiger partial charge in [0.05, 0.1) is 6.61 Å². The Hall–Kier alpha value is -2.24. The van der Waals surface area contributed by atoms with Gasteiger partial charge >= 0.3 is 11.9 Å². The fourth-order valence-electron chi connectivity index (χ4n) is 1.27. The number of hydrogen-bond donors (Lipinski definition) is 1. The molecule has 0 aromatic rings. The van der Waals surface area contributed by atoms with E-state index >= 15 is 0 Å². The predicted molar refractivity (Wildman–Crippen MR) is 59.7 cm³/mol. The number of carbonyl (C=O) groups excluding carboxylic acids is 3. The summed E-state index contributed by atoms with van der Waals surface area (Å²) < 4.78 is 4.78. The number of rotatable bonds is 5. The van der Waals surface area contributed by atoms with Gasteiger partial charge in [-0.25, -0.2) is 9.59 Å². The van der Waals surface area contributed by atoms with Crippen molar-refractivity contribution in [1.82, 2.24) is 0 Å². The van der Waals surface area contributed by atoms with Crippen LogP contribution in [0.25, 0.3) is 0 Å². The molecule has 0 aromatic heterocycles. The van der Waals surface area contributed by atoms with Crippen molar-refractivity contribution in [2.24, 2.45) is 0 Å². The van der Waals surface area contributed by atoms with Crippen molar-refractivity contribution in [3.8, 4) is 0 Å². The molecule has 1 N–H and O–H groups in total. The smallest absolute Gasteiger partial charge is 0.342 e. The number of carboxylic acid groups (broad SMARTS) is 1. The van der Waals surface area contributed by atoms with Gasteiger partial charge < -0.3 is 9.84 Å². The number of carboxylic acids is 1. The van der Waals surface area contributed by atoms with E-state index in [2.05, 4.69) is 0 Å². The van der Waals surface area contributed by atoms with Crippen molar-refractivity contribution in [3.05, 3.63) is 23.3 Å². The number of carbonyl (C=O) groups is 4. The summed E-state index contributed by atoms with van der Waals surface area (Å²) in [5.41, 5.74) is -1.08. The quantitative estimate of drug-likeness (QED) is 0.329. The Morgan fingerprint density at radius 2 is 1.72 bits per heavy atom. The van der Waals surface area contributed by atoms with Gasteiger partial charge in [0.15, 0.2) is 11.6 Å². The minimum atomic E-state index is -1.50. The lowest BCUT2D eigenvalue weighted by molar-refractivity contribution is -0.141. The molecule has 0 saturated heterocycles. The van der Waals surface area contributed by atoms with Crippen molar-refractivity contribution in [3.63, 3.8) is 0 Å². The van der Waals surface area contributed by atoms with E-state index in [0.29, 0.717) is 18.6 Å². The van der Waals surface area contributed by atoms with E-state index in [1.165, 1.54) is 0 Å². The van der Waals surface area contributed by atoms with Crippen molar-refractivity contribution < 1.29 is 29.0 Å². The minimum Gasteiger partial charge on any atom is -0.478 e. The number of esters is 1. The van der Waals surface area contributed by atoms with Gasteiger partial charge in [-0.2, -0.15) is 0 Å². The van der Waals surface area contributed by atoms with E-state index in [0.717, 1.165) is 6.42 Å². The Bertz CT molecular complexity index is 469. The molecule has 0 amide bonds. The second kappa shape index (κ2) is 5.90.